The van der Waals surface area contributed by atoms with E-state index < -0.39 is 8.07 Å². The highest BCUT2D eigenvalue weighted by atomic mass is 28.3. The summed E-state index contributed by atoms with van der Waals surface area (Å²) in [7, 11) is 0.653. The van der Waals surface area contributed by atoms with Gasteiger partial charge in [-0.3, -0.25) is 0 Å². The second kappa shape index (κ2) is 8.33. The normalized spacial score (nSPS) is 12.3. The number of benzene rings is 3. The Labute approximate surface area is 194 Å². The summed E-state index contributed by atoms with van der Waals surface area (Å²) in [6.07, 6.45) is 2.21. The fourth-order valence-corrected chi connectivity index (χ4v) is 9.23. The van der Waals surface area contributed by atoms with E-state index in [1.165, 1.54) is 44.8 Å². The third kappa shape index (κ3) is 4.56. The zero-order valence-electron chi connectivity index (χ0n) is 20.7. The number of nitrogens with zero attached hydrogens (tertiary/aromatic N) is 1. The van der Waals surface area contributed by atoms with Crippen LogP contribution in [-0.2, 0) is 7.05 Å². The first-order valence-corrected chi connectivity index (χ1v) is 14.9. The van der Waals surface area contributed by atoms with Crippen molar-refractivity contribution in [3.05, 3.63) is 84.6 Å². The molecule has 3 aromatic carbocycles. The van der Waals surface area contributed by atoms with E-state index in [4.69, 9.17) is 0 Å². The molecule has 32 heavy (non-hydrogen) atoms. The van der Waals surface area contributed by atoms with E-state index in [2.05, 4.69) is 131 Å². The van der Waals surface area contributed by atoms with Gasteiger partial charge in [-0.2, -0.15) is 0 Å². The van der Waals surface area contributed by atoms with Crippen LogP contribution >= 0.6 is 0 Å². The highest BCUT2D eigenvalue weighted by molar-refractivity contribution is 6.90. The van der Waals surface area contributed by atoms with Gasteiger partial charge < -0.3 is 0 Å². The maximum Gasteiger partial charge on any atom is 0.220 e. The molecule has 0 saturated heterocycles. The molecule has 164 valence electrons. The van der Waals surface area contributed by atoms with Crippen LogP contribution in [0.25, 0.3) is 33.2 Å². The van der Waals surface area contributed by atoms with Crippen molar-refractivity contribution in [2.75, 3.05) is 0 Å². The van der Waals surface area contributed by atoms with Crippen LogP contribution in [0, 0.1) is 12.3 Å². The van der Waals surface area contributed by atoms with Crippen LogP contribution in [0.3, 0.4) is 0 Å². The number of hydrogen-bond acceptors (Lipinski definition) is 0. The maximum absolute atomic E-state index is 2.51. The van der Waals surface area contributed by atoms with Crippen LogP contribution in [0.2, 0.25) is 19.1 Å². The lowest BCUT2D eigenvalue weighted by Crippen LogP contribution is -2.44. The summed E-state index contributed by atoms with van der Waals surface area (Å²) in [5, 5.41) is 4.22. The molecule has 1 nitrogen and oxygen atoms in total. The van der Waals surface area contributed by atoms with Gasteiger partial charge in [-0.1, -0.05) is 93.6 Å². The fraction of sp³-hybridized carbons (Fsp3) is 0.300. The average Bonchev–Trinajstić information content (AvgIpc) is 2.73. The molecule has 0 aliphatic carbocycles. The topological polar surface area (TPSA) is 3.88 Å². The number of rotatable bonds is 4. The van der Waals surface area contributed by atoms with Crippen molar-refractivity contribution in [2.24, 2.45) is 12.5 Å². The quantitative estimate of drug-likeness (QED) is 0.233. The Morgan fingerprint density at radius 2 is 1.53 bits per heavy atom. The van der Waals surface area contributed by atoms with Gasteiger partial charge in [0, 0.05) is 11.6 Å². The zero-order chi connectivity index (χ0) is 23.1. The van der Waals surface area contributed by atoms with E-state index in [-0.39, 0.29) is 0 Å². The first kappa shape index (κ1) is 22.5. The lowest BCUT2D eigenvalue weighted by atomic mass is 9.95. The molecule has 2 heteroatoms. The number of hydrogen-bond donors (Lipinski definition) is 0. The van der Waals surface area contributed by atoms with Crippen molar-refractivity contribution in [3.8, 4) is 22.4 Å². The summed E-state index contributed by atoms with van der Waals surface area (Å²) in [5.41, 5.74) is 6.79. The average molecular weight is 439 g/mol. The van der Waals surface area contributed by atoms with Crippen molar-refractivity contribution in [2.45, 2.75) is 46.8 Å². The van der Waals surface area contributed by atoms with Gasteiger partial charge in [0.05, 0.1) is 13.5 Å². The van der Waals surface area contributed by atoms with Gasteiger partial charge in [-0.25, -0.2) is 4.57 Å². The van der Waals surface area contributed by atoms with E-state index in [9.17, 15) is 0 Å². The second-order valence-corrected chi connectivity index (χ2v) is 15.8. The summed E-state index contributed by atoms with van der Waals surface area (Å²) in [4.78, 5) is 0. The summed E-state index contributed by atoms with van der Waals surface area (Å²) in [5.74, 6) is 0. The Hall–Kier alpha value is -2.71. The van der Waals surface area contributed by atoms with Gasteiger partial charge in [0.25, 0.3) is 0 Å². The Kier molecular flexibility index (Phi) is 5.85. The number of pyridine rings is 1. The summed E-state index contributed by atoms with van der Waals surface area (Å²) >= 11 is 0. The predicted molar refractivity (Wildman–Crippen MR) is 142 cm³/mol. The van der Waals surface area contributed by atoms with Crippen LogP contribution in [0.5, 0.6) is 0 Å². The lowest BCUT2D eigenvalue weighted by molar-refractivity contribution is -0.659. The summed E-state index contributed by atoms with van der Waals surface area (Å²) < 4.78 is 2.27. The largest absolute Gasteiger partial charge is 0.220 e. The number of fused-ring (bicyclic) bond motifs is 1. The van der Waals surface area contributed by atoms with E-state index in [0.29, 0.717) is 5.41 Å². The first-order valence-electron chi connectivity index (χ1n) is 11.6. The van der Waals surface area contributed by atoms with Gasteiger partial charge >= 0.3 is 0 Å². The number of aryl methyl sites for hydroxylation is 2. The molecule has 0 unspecified atom stereocenters. The molecule has 1 aromatic heterocycles. The summed E-state index contributed by atoms with van der Waals surface area (Å²) in [6, 6.07) is 28.3. The summed E-state index contributed by atoms with van der Waals surface area (Å²) in [6.45, 7) is 14.3. The minimum absolute atomic E-state index is 0.358. The molecule has 0 aliphatic heterocycles. The van der Waals surface area contributed by atoms with Crippen molar-refractivity contribution >= 4 is 24.0 Å². The molecule has 1 heterocycles. The Morgan fingerprint density at radius 1 is 0.812 bits per heavy atom. The van der Waals surface area contributed by atoms with Crippen molar-refractivity contribution in [1.82, 2.24) is 0 Å². The van der Waals surface area contributed by atoms with Gasteiger partial charge in [-0.05, 0) is 52.6 Å². The Bertz CT molecular complexity index is 1260. The molecule has 0 fully saturated rings. The van der Waals surface area contributed by atoms with Crippen LogP contribution in [-0.4, -0.2) is 8.07 Å². The first-order chi connectivity index (χ1) is 15.0. The van der Waals surface area contributed by atoms with Gasteiger partial charge in [0.15, 0.2) is 6.20 Å². The van der Waals surface area contributed by atoms with Crippen molar-refractivity contribution in [1.29, 1.82) is 0 Å². The molecule has 0 N–H and O–H groups in total. The smallest absolute Gasteiger partial charge is 0.200 e. The zero-order valence-corrected chi connectivity index (χ0v) is 21.7. The van der Waals surface area contributed by atoms with Gasteiger partial charge in [0.1, 0.15) is 7.05 Å². The number of aromatic nitrogens is 1. The highest BCUT2D eigenvalue weighted by Crippen LogP contribution is 2.32. The minimum Gasteiger partial charge on any atom is -0.200 e. The molecule has 0 aliphatic rings. The van der Waals surface area contributed by atoms with E-state index in [1.807, 2.05) is 0 Å². The molecule has 0 saturated carbocycles. The molecule has 4 rings (SSSR count). The van der Waals surface area contributed by atoms with Gasteiger partial charge in [-0.15, -0.1) is 0 Å². The molecular formula is C30H36NSi+. The third-order valence-electron chi connectivity index (χ3n) is 6.48. The third-order valence-corrected chi connectivity index (χ3v) is 10.3. The standard InChI is InChI=1S/C30H36NSi/c1-22-19-24(23-11-9-8-10-12-23)13-15-27(22)29-28-16-14-26(20-25(28)17-18-31(29)5)32(6,7)21-30(2,3)4/h8-20H,21H2,1-7H3/q+1. The Balaban J connectivity index is 1.81. The molecule has 0 amide bonds. The molecule has 0 atom stereocenters. The molecule has 0 bridgehead atoms. The van der Waals surface area contributed by atoms with Crippen LogP contribution in [0.15, 0.2) is 79.0 Å². The molecule has 0 spiro atoms. The minimum atomic E-state index is -1.50. The van der Waals surface area contributed by atoms with E-state index >= 15 is 0 Å². The fourth-order valence-electron chi connectivity index (χ4n) is 5.30. The molecule has 0 radical (unpaired) electrons. The lowest BCUT2D eigenvalue weighted by Gasteiger charge is -2.31. The van der Waals surface area contributed by atoms with Crippen LogP contribution in [0.4, 0.5) is 0 Å². The van der Waals surface area contributed by atoms with E-state index in [1.54, 1.807) is 5.19 Å². The van der Waals surface area contributed by atoms with Gasteiger partial charge in [0.2, 0.25) is 5.69 Å². The predicted octanol–water partition coefficient (Wildman–Crippen LogP) is 7.27. The van der Waals surface area contributed by atoms with Crippen molar-refractivity contribution < 1.29 is 4.57 Å². The van der Waals surface area contributed by atoms with E-state index in [0.717, 1.165) is 0 Å². The van der Waals surface area contributed by atoms with Crippen molar-refractivity contribution in [3.63, 3.8) is 0 Å². The maximum atomic E-state index is 2.51. The molecular weight excluding hydrogens is 402 g/mol. The second-order valence-electron chi connectivity index (χ2n) is 11.1. The Morgan fingerprint density at radius 3 is 2.19 bits per heavy atom. The van der Waals surface area contributed by atoms with Crippen LogP contribution < -0.4 is 9.75 Å². The highest BCUT2D eigenvalue weighted by Gasteiger charge is 2.30. The molecule has 4 aromatic rings. The SMILES string of the molecule is Cc1cc(-c2ccccc2)ccc1-c1c2ccc([Si](C)(C)CC(C)(C)C)cc2cc[n+]1C. The monoisotopic (exact) mass is 438 g/mol. The van der Waals surface area contributed by atoms with Crippen LogP contribution in [0.1, 0.15) is 26.3 Å².